The molecule has 1 saturated heterocycles. The number of nitrogens with one attached hydrogen (secondary N) is 1. The summed E-state index contributed by atoms with van der Waals surface area (Å²) in [5.74, 6) is 0.309. The van der Waals surface area contributed by atoms with Gasteiger partial charge in [0.05, 0.1) is 15.5 Å². The highest BCUT2D eigenvalue weighted by atomic mass is 35.5. The van der Waals surface area contributed by atoms with Crippen molar-refractivity contribution in [3.05, 3.63) is 77.1 Å². The third-order valence-corrected chi connectivity index (χ3v) is 6.86. The maximum absolute atomic E-state index is 13.1. The number of carbonyl (C=O) groups is 1. The Hall–Kier alpha value is -3.17. The molecule has 8 nitrogen and oxygen atoms in total. The van der Waals surface area contributed by atoms with Gasteiger partial charge in [-0.3, -0.25) is 9.52 Å². The number of anilines is 2. The molecule has 0 unspecified atom stereocenters. The third kappa shape index (κ3) is 4.84. The maximum Gasteiger partial charge on any atom is 0.261 e. The van der Waals surface area contributed by atoms with E-state index < -0.39 is 10.0 Å². The van der Waals surface area contributed by atoms with E-state index in [9.17, 15) is 13.2 Å². The van der Waals surface area contributed by atoms with Crippen molar-refractivity contribution in [1.82, 2.24) is 14.9 Å². The molecule has 10 heteroatoms. The van der Waals surface area contributed by atoms with Crippen molar-refractivity contribution in [2.24, 2.45) is 0 Å². The van der Waals surface area contributed by atoms with E-state index >= 15 is 0 Å². The zero-order valence-electron chi connectivity index (χ0n) is 17.4. The molecule has 1 fully saturated rings. The molecule has 0 saturated carbocycles. The van der Waals surface area contributed by atoms with Crippen molar-refractivity contribution in [2.45, 2.75) is 11.8 Å². The second-order valence-corrected chi connectivity index (χ2v) is 9.53. The lowest BCUT2D eigenvalue weighted by Gasteiger charge is -2.34. The summed E-state index contributed by atoms with van der Waals surface area (Å²) in [7, 11) is -3.88. The van der Waals surface area contributed by atoms with Gasteiger partial charge >= 0.3 is 0 Å². The Balaban J connectivity index is 1.50. The Morgan fingerprint density at radius 3 is 2.41 bits per heavy atom. The van der Waals surface area contributed by atoms with E-state index in [0.717, 1.165) is 5.56 Å². The standard InChI is InChI=1S/C22H22ClN5O3S/c1-16-4-2-5-17(14-16)26-32(30,31)18-6-7-20(23)19(15-18)21(29)27-10-12-28(13-11-27)22-24-8-3-9-25-22/h2-9,14-15,26H,10-13H2,1H3. The number of aryl methyl sites for hydroxylation is 1. The van der Waals surface area contributed by atoms with E-state index in [0.29, 0.717) is 37.8 Å². The van der Waals surface area contributed by atoms with Crippen LogP contribution < -0.4 is 9.62 Å². The van der Waals surface area contributed by atoms with Crippen molar-refractivity contribution in [3.63, 3.8) is 0 Å². The number of nitrogens with zero attached hydrogens (tertiary/aromatic N) is 4. The monoisotopic (exact) mass is 471 g/mol. The van der Waals surface area contributed by atoms with Crippen LogP contribution in [0.5, 0.6) is 0 Å². The molecule has 1 aromatic heterocycles. The highest BCUT2D eigenvalue weighted by molar-refractivity contribution is 7.92. The number of aromatic nitrogens is 2. The van der Waals surface area contributed by atoms with Gasteiger partial charge in [-0.1, -0.05) is 23.7 Å². The van der Waals surface area contributed by atoms with Gasteiger partial charge in [0.2, 0.25) is 5.95 Å². The van der Waals surface area contributed by atoms with Gasteiger partial charge in [0.1, 0.15) is 0 Å². The van der Waals surface area contributed by atoms with Gasteiger partial charge in [-0.15, -0.1) is 0 Å². The first kappa shape index (κ1) is 22.0. The molecular weight excluding hydrogens is 450 g/mol. The van der Waals surface area contributed by atoms with Gasteiger partial charge < -0.3 is 9.80 Å². The maximum atomic E-state index is 13.1. The molecule has 0 spiro atoms. The number of halogens is 1. The number of benzene rings is 2. The van der Waals surface area contributed by atoms with Gasteiger partial charge in [-0.05, 0) is 48.9 Å². The average Bonchev–Trinajstić information content (AvgIpc) is 2.79. The minimum absolute atomic E-state index is 0.0249. The fraction of sp³-hybridized carbons (Fsp3) is 0.227. The molecule has 0 radical (unpaired) electrons. The summed E-state index contributed by atoms with van der Waals surface area (Å²) in [5.41, 5.74) is 1.53. The van der Waals surface area contributed by atoms with Crippen molar-refractivity contribution >= 4 is 39.2 Å². The fourth-order valence-electron chi connectivity index (χ4n) is 3.49. The fourth-order valence-corrected chi connectivity index (χ4v) is 4.77. The molecule has 1 N–H and O–H groups in total. The van der Waals surface area contributed by atoms with Crippen molar-refractivity contribution < 1.29 is 13.2 Å². The Morgan fingerprint density at radius 1 is 1.00 bits per heavy atom. The lowest BCUT2D eigenvalue weighted by Crippen LogP contribution is -2.49. The summed E-state index contributed by atoms with van der Waals surface area (Å²) in [6.45, 7) is 3.92. The van der Waals surface area contributed by atoms with Crippen molar-refractivity contribution in [1.29, 1.82) is 0 Å². The van der Waals surface area contributed by atoms with Crippen LogP contribution in [0, 0.1) is 6.92 Å². The number of rotatable bonds is 5. The molecule has 0 bridgehead atoms. The van der Waals surface area contributed by atoms with Crippen LogP contribution in [0.25, 0.3) is 0 Å². The number of sulfonamides is 1. The van der Waals surface area contributed by atoms with E-state index in [1.165, 1.54) is 18.2 Å². The van der Waals surface area contributed by atoms with E-state index in [-0.39, 0.29) is 21.4 Å². The minimum atomic E-state index is -3.88. The van der Waals surface area contributed by atoms with Gasteiger partial charge in [0.15, 0.2) is 0 Å². The Kier molecular flexibility index (Phi) is 6.29. The number of hydrogen-bond donors (Lipinski definition) is 1. The molecule has 2 heterocycles. The highest BCUT2D eigenvalue weighted by Crippen LogP contribution is 2.25. The van der Waals surface area contributed by atoms with Gasteiger partial charge in [-0.25, -0.2) is 18.4 Å². The molecule has 4 rings (SSSR count). The lowest BCUT2D eigenvalue weighted by molar-refractivity contribution is 0.0746. The normalized spacial score (nSPS) is 14.3. The summed E-state index contributed by atoms with van der Waals surface area (Å²) in [4.78, 5) is 25.2. The van der Waals surface area contributed by atoms with Crippen molar-refractivity contribution in [3.8, 4) is 0 Å². The topological polar surface area (TPSA) is 95.5 Å². The predicted octanol–water partition coefficient (Wildman–Crippen LogP) is 3.20. The molecule has 0 aliphatic carbocycles. The second-order valence-electron chi connectivity index (χ2n) is 7.44. The number of piperazine rings is 1. The van der Waals surface area contributed by atoms with Crippen LogP contribution in [-0.2, 0) is 10.0 Å². The Morgan fingerprint density at radius 2 is 1.72 bits per heavy atom. The van der Waals surface area contributed by atoms with E-state index in [1.54, 1.807) is 41.6 Å². The van der Waals surface area contributed by atoms with E-state index in [2.05, 4.69) is 14.7 Å². The Labute approximate surface area is 191 Å². The summed E-state index contributed by atoms with van der Waals surface area (Å²) >= 11 is 6.27. The summed E-state index contributed by atoms with van der Waals surface area (Å²) in [6.07, 6.45) is 3.35. The third-order valence-electron chi connectivity index (χ3n) is 5.15. The number of amides is 1. The van der Waals surface area contributed by atoms with Crippen LogP contribution in [0.4, 0.5) is 11.6 Å². The Bertz CT molecular complexity index is 1230. The zero-order chi connectivity index (χ0) is 22.7. The first-order valence-electron chi connectivity index (χ1n) is 10.0. The van der Waals surface area contributed by atoms with Crippen LogP contribution in [0.15, 0.2) is 65.8 Å². The first-order valence-corrected chi connectivity index (χ1v) is 11.9. The lowest BCUT2D eigenvalue weighted by atomic mass is 10.2. The quantitative estimate of drug-likeness (QED) is 0.614. The van der Waals surface area contributed by atoms with Crippen LogP contribution >= 0.6 is 11.6 Å². The van der Waals surface area contributed by atoms with Crippen LogP contribution in [-0.4, -0.2) is 55.4 Å². The molecule has 166 valence electrons. The molecule has 3 aromatic rings. The molecule has 0 atom stereocenters. The van der Waals surface area contributed by atoms with E-state index in [4.69, 9.17) is 11.6 Å². The first-order chi connectivity index (χ1) is 15.3. The molecule has 1 aliphatic heterocycles. The molecule has 1 amide bonds. The number of hydrogen-bond acceptors (Lipinski definition) is 6. The largest absolute Gasteiger partial charge is 0.337 e. The highest BCUT2D eigenvalue weighted by Gasteiger charge is 2.26. The number of carbonyl (C=O) groups excluding carboxylic acids is 1. The van der Waals surface area contributed by atoms with E-state index in [1.807, 2.05) is 17.9 Å². The van der Waals surface area contributed by atoms with Gasteiger partial charge in [-0.2, -0.15) is 0 Å². The molecular formula is C22H22ClN5O3S. The minimum Gasteiger partial charge on any atom is -0.337 e. The summed E-state index contributed by atoms with van der Waals surface area (Å²) < 4.78 is 28.3. The smallest absolute Gasteiger partial charge is 0.261 e. The average molecular weight is 472 g/mol. The summed E-state index contributed by atoms with van der Waals surface area (Å²) in [6, 6.07) is 13.0. The SMILES string of the molecule is Cc1cccc(NS(=O)(=O)c2ccc(Cl)c(C(=O)N3CCN(c4ncccn4)CC3)c2)c1. The summed E-state index contributed by atoms with van der Waals surface area (Å²) in [5, 5.41) is 0.207. The second kappa shape index (κ2) is 9.13. The van der Waals surface area contributed by atoms with Crippen LogP contribution in [0.3, 0.4) is 0 Å². The zero-order valence-corrected chi connectivity index (χ0v) is 19.0. The van der Waals surface area contributed by atoms with Gasteiger partial charge in [0.25, 0.3) is 15.9 Å². The van der Waals surface area contributed by atoms with Crippen LogP contribution in [0.2, 0.25) is 5.02 Å². The van der Waals surface area contributed by atoms with Crippen LogP contribution in [0.1, 0.15) is 15.9 Å². The predicted molar refractivity (Wildman–Crippen MR) is 124 cm³/mol. The molecule has 2 aromatic carbocycles. The molecule has 32 heavy (non-hydrogen) atoms. The molecule has 1 aliphatic rings. The van der Waals surface area contributed by atoms with Crippen molar-refractivity contribution in [2.75, 3.05) is 35.8 Å². The van der Waals surface area contributed by atoms with Gasteiger partial charge in [0, 0.05) is 44.3 Å².